The van der Waals surface area contributed by atoms with Gasteiger partial charge in [-0.1, -0.05) is 19.3 Å². The number of rotatable bonds is 2. The molecular weight excluding hydrogens is 172 g/mol. The lowest BCUT2D eigenvalue weighted by molar-refractivity contribution is 0.123. The molecule has 0 amide bonds. The Kier molecular flexibility index (Phi) is 2.29. The first-order chi connectivity index (χ1) is 6.90. The van der Waals surface area contributed by atoms with Crippen LogP contribution in [0.3, 0.4) is 0 Å². The maximum absolute atomic E-state index is 5.91. The molecule has 0 spiro atoms. The molecule has 1 atom stereocenters. The van der Waals surface area contributed by atoms with E-state index in [1.807, 2.05) is 0 Å². The van der Waals surface area contributed by atoms with Crippen LogP contribution in [0.25, 0.3) is 0 Å². The van der Waals surface area contributed by atoms with Crippen LogP contribution in [0, 0.1) is 5.92 Å². The van der Waals surface area contributed by atoms with Crippen molar-refractivity contribution in [3.05, 3.63) is 0 Å². The van der Waals surface area contributed by atoms with Crippen LogP contribution in [-0.4, -0.2) is 29.6 Å². The number of nitrogens with two attached hydrogens (primary N) is 1. The lowest BCUT2D eigenvalue weighted by atomic mass is 9.83. The van der Waals surface area contributed by atoms with Gasteiger partial charge in [0.25, 0.3) is 0 Å². The van der Waals surface area contributed by atoms with Gasteiger partial charge in [0.05, 0.1) is 0 Å². The third kappa shape index (κ3) is 1.24. The molecule has 4 aliphatic rings. The molecule has 80 valence electrons. The maximum Gasteiger partial charge on any atom is 0.0253 e. The second-order valence-corrected chi connectivity index (χ2v) is 5.43. The van der Waals surface area contributed by atoms with Crippen LogP contribution in [0.5, 0.6) is 0 Å². The molecule has 2 nitrogen and oxygen atoms in total. The van der Waals surface area contributed by atoms with E-state index < -0.39 is 0 Å². The Bertz CT molecular complexity index is 204. The van der Waals surface area contributed by atoms with Crippen molar-refractivity contribution in [2.75, 3.05) is 6.54 Å². The fourth-order valence-corrected chi connectivity index (χ4v) is 3.96. The molecule has 2 heteroatoms. The molecule has 0 radical (unpaired) electrons. The zero-order chi connectivity index (χ0) is 9.54. The van der Waals surface area contributed by atoms with Gasteiger partial charge < -0.3 is 5.73 Å². The predicted molar refractivity (Wildman–Crippen MR) is 58.1 cm³/mol. The highest BCUT2D eigenvalue weighted by Gasteiger charge is 2.51. The van der Waals surface area contributed by atoms with E-state index in [0.717, 1.165) is 30.6 Å². The second kappa shape index (κ2) is 3.49. The van der Waals surface area contributed by atoms with E-state index in [4.69, 9.17) is 5.73 Å². The molecule has 14 heavy (non-hydrogen) atoms. The Balaban J connectivity index is 1.70. The molecule has 2 heterocycles. The Morgan fingerprint density at radius 3 is 2.36 bits per heavy atom. The first kappa shape index (κ1) is 9.17. The zero-order valence-electron chi connectivity index (χ0n) is 8.99. The van der Waals surface area contributed by atoms with Gasteiger partial charge in [0.15, 0.2) is 0 Å². The van der Waals surface area contributed by atoms with E-state index in [0.29, 0.717) is 0 Å². The molecule has 0 aromatic rings. The molecular formula is C12H22N2. The van der Waals surface area contributed by atoms with E-state index in [1.165, 1.54) is 44.9 Å². The molecule has 2 aliphatic carbocycles. The van der Waals surface area contributed by atoms with Gasteiger partial charge in [0, 0.05) is 24.7 Å². The van der Waals surface area contributed by atoms with Gasteiger partial charge in [-0.05, 0) is 31.6 Å². The normalized spacial score (nSPS) is 43.9. The lowest BCUT2D eigenvalue weighted by Crippen LogP contribution is -2.44. The summed E-state index contributed by atoms with van der Waals surface area (Å²) in [4.78, 5) is 2.81. The number of hydrogen-bond acceptors (Lipinski definition) is 2. The van der Waals surface area contributed by atoms with Gasteiger partial charge in [-0.25, -0.2) is 0 Å². The summed E-state index contributed by atoms with van der Waals surface area (Å²) in [6, 6.07) is 2.58. The summed E-state index contributed by atoms with van der Waals surface area (Å²) < 4.78 is 0. The first-order valence-corrected chi connectivity index (χ1v) is 6.37. The van der Waals surface area contributed by atoms with Crippen molar-refractivity contribution in [1.29, 1.82) is 0 Å². The van der Waals surface area contributed by atoms with Crippen LogP contribution in [0.15, 0.2) is 0 Å². The number of fused-ring (bicyclic) bond motifs is 1. The van der Waals surface area contributed by atoms with Crippen molar-refractivity contribution < 1.29 is 0 Å². The van der Waals surface area contributed by atoms with E-state index >= 15 is 0 Å². The van der Waals surface area contributed by atoms with E-state index in [1.54, 1.807) is 0 Å². The third-order valence-electron chi connectivity index (χ3n) is 4.74. The number of hydrogen-bond donors (Lipinski definition) is 1. The highest BCUT2D eigenvalue weighted by Crippen LogP contribution is 2.48. The Hall–Kier alpha value is -0.0800. The summed E-state index contributed by atoms with van der Waals surface area (Å²) in [7, 11) is 0. The van der Waals surface area contributed by atoms with Crippen molar-refractivity contribution >= 4 is 0 Å². The largest absolute Gasteiger partial charge is 0.329 e. The summed E-state index contributed by atoms with van der Waals surface area (Å²) in [5, 5.41) is 0. The Labute approximate surface area is 86.8 Å². The van der Waals surface area contributed by atoms with Crippen LogP contribution in [0.4, 0.5) is 0 Å². The zero-order valence-corrected chi connectivity index (χ0v) is 8.99. The topological polar surface area (TPSA) is 29.3 Å². The minimum Gasteiger partial charge on any atom is -0.329 e. The molecule has 2 aliphatic heterocycles. The van der Waals surface area contributed by atoms with Gasteiger partial charge in [0.1, 0.15) is 0 Å². The van der Waals surface area contributed by atoms with Gasteiger partial charge in [-0.2, -0.15) is 0 Å². The van der Waals surface area contributed by atoms with Crippen molar-refractivity contribution in [2.24, 2.45) is 11.7 Å². The highest BCUT2D eigenvalue weighted by molar-refractivity contribution is 5.06. The van der Waals surface area contributed by atoms with Gasteiger partial charge in [-0.3, -0.25) is 4.90 Å². The van der Waals surface area contributed by atoms with Crippen molar-refractivity contribution in [2.45, 2.75) is 63.1 Å². The van der Waals surface area contributed by atoms with Gasteiger partial charge in [0.2, 0.25) is 0 Å². The fourth-order valence-electron chi connectivity index (χ4n) is 3.96. The molecule has 2 saturated heterocycles. The Morgan fingerprint density at radius 1 is 1.00 bits per heavy atom. The van der Waals surface area contributed by atoms with Crippen molar-refractivity contribution in [3.63, 3.8) is 0 Å². The minimum absolute atomic E-state index is 0.753. The smallest absolute Gasteiger partial charge is 0.0253 e. The lowest BCUT2D eigenvalue weighted by Gasteiger charge is -2.36. The molecule has 0 aromatic carbocycles. The van der Waals surface area contributed by atoms with Crippen molar-refractivity contribution in [1.82, 2.24) is 4.90 Å². The monoisotopic (exact) mass is 194 g/mol. The van der Waals surface area contributed by atoms with Crippen LogP contribution < -0.4 is 5.73 Å². The molecule has 0 aromatic heterocycles. The summed E-state index contributed by atoms with van der Waals surface area (Å²) in [6.45, 7) is 0.900. The average Bonchev–Trinajstić information content (AvgIpc) is 2.71. The molecule has 2 saturated carbocycles. The second-order valence-electron chi connectivity index (χ2n) is 5.43. The Morgan fingerprint density at radius 2 is 1.71 bits per heavy atom. The fraction of sp³-hybridized carbons (Fsp3) is 1.00. The summed E-state index contributed by atoms with van der Waals surface area (Å²) in [5.74, 6) is 0.965. The molecule has 2 N–H and O–H groups in total. The number of nitrogens with zero attached hydrogens (tertiary/aromatic N) is 1. The molecule has 4 fully saturated rings. The molecule has 1 unspecified atom stereocenters. The van der Waals surface area contributed by atoms with Crippen LogP contribution in [0.1, 0.15) is 44.9 Å². The van der Waals surface area contributed by atoms with E-state index in [2.05, 4.69) is 4.90 Å². The minimum atomic E-state index is 0.753. The summed E-state index contributed by atoms with van der Waals surface area (Å²) >= 11 is 0. The van der Waals surface area contributed by atoms with Crippen LogP contribution >= 0.6 is 0 Å². The molecule has 4 rings (SSSR count). The van der Waals surface area contributed by atoms with Gasteiger partial charge in [-0.15, -0.1) is 0 Å². The quantitative estimate of drug-likeness (QED) is 0.725. The standard InChI is InChI=1S/C12H22N2/c13-8-12-9-6-11(7-9)14(12)10-4-2-1-3-5-10/h9-12H,1-8,13H2. The van der Waals surface area contributed by atoms with Crippen LogP contribution in [0.2, 0.25) is 0 Å². The average molecular weight is 194 g/mol. The predicted octanol–water partition coefficient (Wildman–Crippen LogP) is 1.74. The van der Waals surface area contributed by atoms with Crippen molar-refractivity contribution in [3.8, 4) is 0 Å². The summed E-state index contributed by atoms with van der Waals surface area (Å²) in [5.41, 5.74) is 5.91. The van der Waals surface area contributed by atoms with E-state index in [-0.39, 0.29) is 0 Å². The van der Waals surface area contributed by atoms with E-state index in [9.17, 15) is 0 Å². The third-order valence-corrected chi connectivity index (χ3v) is 4.74. The van der Waals surface area contributed by atoms with Crippen LogP contribution in [-0.2, 0) is 0 Å². The summed E-state index contributed by atoms with van der Waals surface area (Å²) in [6.07, 6.45) is 10.2. The molecule has 2 bridgehead atoms. The highest BCUT2D eigenvalue weighted by atomic mass is 15.3. The maximum atomic E-state index is 5.91. The SMILES string of the molecule is NCC1C2CC(C2)N1C1CCCCC1. The first-order valence-electron chi connectivity index (χ1n) is 6.37. The van der Waals surface area contributed by atoms with Gasteiger partial charge >= 0.3 is 0 Å².